The van der Waals surface area contributed by atoms with Crippen LogP contribution < -0.4 is 16.4 Å². The average molecular weight is 380 g/mol. The topological polar surface area (TPSA) is 84.2 Å². The maximum absolute atomic E-state index is 12.3. The summed E-state index contributed by atoms with van der Waals surface area (Å²) < 4.78 is 0.964. The normalized spacial score (nSPS) is 28.7. The Bertz CT molecular complexity index is 632. The molecule has 2 fully saturated rings. The van der Waals surface area contributed by atoms with Crippen LogP contribution in [-0.2, 0) is 9.59 Å². The van der Waals surface area contributed by atoms with Gasteiger partial charge in [0.1, 0.15) is 0 Å². The Balaban J connectivity index is 1.52. The molecule has 6 heteroatoms. The Labute approximate surface area is 144 Å². The zero-order chi connectivity index (χ0) is 16.6. The minimum Gasteiger partial charge on any atom is -0.347 e. The lowest BCUT2D eigenvalue weighted by atomic mass is 9.84. The SMILES string of the molecule is Cc1cc(Br)ccc1NC(=O)CNC(=O)C1C2CCC(C2)C1N. The van der Waals surface area contributed by atoms with Gasteiger partial charge in [-0.3, -0.25) is 9.59 Å². The first-order valence-corrected chi connectivity index (χ1v) is 8.84. The lowest BCUT2D eigenvalue weighted by Gasteiger charge is -2.26. The highest BCUT2D eigenvalue weighted by molar-refractivity contribution is 9.10. The van der Waals surface area contributed by atoms with Crippen molar-refractivity contribution in [2.45, 2.75) is 32.2 Å². The van der Waals surface area contributed by atoms with E-state index in [1.54, 1.807) is 0 Å². The molecule has 5 nitrogen and oxygen atoms in total. The number of carbonyl (C=O) groups is 2. The van der Waals surface area contributed by atoms with E-state index in [2.05, 4.69) is 26.6 Å². The van der Waals surface area contributed by atoms with Gasteiger partial charge in [-0.25, -0.2) is 0 Å². The van der Waals surface area contributed by atoms with E-state index in [1.165, 1.54) is 0 Å². The second kappa shape index (κ2) is 6.61. The molecule has 23 heavy (non-hydrogen) atoms. The number of halogens is 1. The third-order valence-electron chi connectivity index (χ3n) is 5.17. The standard InChI is InChI=1S/C17H22BrN3O2/c1-9-6-12(18)4-5-13(9)21-14(22)8-20-17(23)15-10-2-3-11(7-10)16(15)19/h4-6,10-11,15-16H,2-3,7-8,19H2,1H3,(H,20,23)(H,21,22). The minimum atomic E-state index is -0.222. The Kier molecular flexibility index (Phi) is 4.73. The van der Waals surface area contributed by atoms with E-state index in [4.69, 9.17) is 5.73 Å². The van der Waals surface area contributed by atoms with Crippen molar-refractivity contribution in [2.75, 3.05) is 11.9 Å². The number of hydrogen-bond donors (Lipinski definition) is 3. The number of nitrogens with one attached hydrogen (secondary N) is 2. The van der Waals surface area contributed by atoms with Crippen LogP contribution in [0.3, 0.4) is 0 Å². The summed E-state index contributed by atoms with van der Waals surface area (Å²) in [5.41, 5.74) is 7.88. The molecule has 4 N–H and O–H groups in total. The van der Waals surface area contributed by atoms with Crippen LogP contribution in [0, 0.1) is 24.7 Å². The average Bonchev–Trinajstić information content (AvgIpc) is 3.08. The summed E-state index contributed by atoms with van der Waals surface area (Å²) in [6.45, 7) is 1.90. The molecule has 2 aliphatic carbocycles. The van der Waals surface area contributed by atoms with Crippen LogP contribution in [0.1, 0.15) is 24.8 Å². The van der Waals surface area contributed by atoms with Crippen molar-refractivity contribution < 1.29 is 9.59 Å². The highest BCUT2D eigenvalue weighted by Gasteiger charge is 2.48. The maximum atomic E-state index is 12.3. The summed E-state index contributed by atoms with van der Waals surface area (Å²) in [6, 6.07) is 5.59. The number of carbonyl (C=O) groups excluding carboxylic acids is 2. The number of fused-ring (bicyclic) bond motifs is 2. The predicted molar refractivity (Wildman–Crippen MR) is 92.8 cm³/mol. The highest BCUT2D eigenvalue weighted by atomic mass is 79.9. The largest absolute Gasteiger partial charge is 0.347 e. The molecule has 1 aromatic rings. The first kappa shape index (κ1) is 16.5. The van der Waals surface area contributed by atoms with Crippen molar-refractivity contribution in [3.8, 4) is 0 Å². The van der Waals surface area contributed by atoms with Gasteiger partial charge in [0.15, 0.2) is 0 Å². The smallest absolute Gasteiger partial charge is 0.243 e. The van der Waals surface area contributed by atoms with Crippen LogP contribution in [0.25, 0.3) is 0 Å². The van der Waals surface area contributed by atoms with Gasteiger partial charge in [-0.1, -0.05) is 15.9 Å². The van der Waals surface area contributed by atoms with Gasteiger partial charge >= 0.3 is 0 Å². The number of amides is 2. The van der Waals surface area contributed by atoms with E-state index < -0.39 is 0 Å². The summed E-state index contributed by atoms with van der Waals surface area (Å²) in [6.07, 6.45) is 3.28. The van der Waals surface area contributed by atoms with E-state index in [0.717, 1.165) is 35.0 Å². The van der Waals surface area contributed by atoms with Crippen LogP contribution in [0.5, 0.6) is 0 Å². The molecule has 2 amide bonds. The lowest BCUT2D eigenvalue weighted by molar-refractivity contribution is -0.129. The molecule has 0 spiro atoms. The lowest BCUT2D eigenvalue weighted by Crippen LogP contribution is -2.46. The van der Waals surface area contributed by atoms with Crippen LogP contribution >= 0.6 is 15.9 Å². The van der Waals surface area contributed by atoms with Crippen LogP contribution in [-0.4, -0.2) is 24.4 Å². The molecule has 2 saturated carbocycles. The zero-order valence-electron chi connectivity index (χ0n) is 13.1. The molecular formula is C17H22BrN3O2. The molecule has 2 aliphatic rings. The van der Waals surface area contributed by atoms with E-state index in [0.29, 0.717) is 11.8 Å². The van der Waals surface area contributed by atoms with E-state index in [-0.39, 0.29) is 30.3 Å². The van der Waals surface area contributed by atoms with Crippen molar-refractivity contribution in [1.29, 1.82) is 0 Å². The predicted octanol–water partition coefficient (Wildman–Crippen LogP) is 2.19. The molecule has 0 aromatic heterocycles. The fourth-order valence-electron chi connectivity index (χ4n) is 3.97. The molecule has 3 rings (SSSR count). The second-order valence-electron chi connectivity index (χ2n) is 6.66. The van der Waals surface area contributed by atoms with E-state index in [1.807, 2.05) is 25.1 Å². The summed E-state index contributed by atoms with van der Waals surface area (Å²) >= 11 is 3.39. The summed E-state index contributed by atoms with van der Waals surface area (Å²) in [7, 11) is 0. The fraction of sp³-hybridized carbons (Fsp3) is 0.529. The van der Waals surface area contributed by atoms with Gasteiger partial charge < -0.3 is 16.4 Å². The molecular weight excluding hydrogens is 358 g/mol. The Morgan fingerprint density at radius 2 is 2.04 bits per heavy atom. The Hall–Kier alpha value is -1.40. The van der Waals surface area contributed by atoms with Gasteiger partial charge in [0.25, 0.3) is 0 Å². The van der Waals surface area contributed by atoms with Gasteiger partial charge in [0.2, 0.25) is 11.8 Å². The number of benzene rings is 1. The molecule has 0 saturated heterocycles. The van der Waals surface area contributed by atoms with Crippen LogP contribution in [0.2, 0.25) is 0 Å². The Morgan fingerprint density at radius 3 is 2.70 bits per heavy atom. The number of rotatable bonds is 4. The Morgan fingerprint density at radius 1 is 1.30 bits per heavy atom. The number of aryl methyl sites for hydroxylation is 1. The van der Waals surface area contributed by atoms with Gasteiger partial charge in [-0.05, 0) is 61.8 Å². The minimum absolute atomic E-state index is 0.0189. The summed E-state index contributed by atoms with van der Waals surface area (Å²) in [5, 5.41) is 5.57. The molecule has 0 aliphatic heterocycles. The molecule has 0 heterocycles. The number of hydrogen-bond acceptors (Lipinski definition) is 3. The first-order chi connectivity index (χ1) is 11.0. The molecule has 2 bridgehead atoms. The molecule has 1 aromatic carbocycles. The van der Waals surface area contributed by atoms with Crippen LogP contribution in [0.15, 0.2) is 22.7 Å². The van der Waals surface area contributed by atoms with Gasteiger partial charge in [-0.2, -0.15) is 0 Å². The van der Waals surface area contributed by atoms with Crippen molar-refractivity contribution in [3.63, 3.8) is 0 Å². The zero-order valence-corrected chi connectivity index (χ0v) is 14.7. The summed E-state index contributed by atoms with van der Waals surface area (Å²) in [4.78, 5) is 24.4. The first-order valence-electron chi connectivity index (χ1n) is 8.05. The number of anilines is 1. The van der Waals surface area contributed by atoms with Crippen molar-refractivity contribution in [3.05, 3.63) is 28.2 Å². The third kappa shape index (κ3) is 3.43. The quantitative estimate of drug-likeness (QED) is 0.749. The highest BCUT2D eigenvalue weighted by Crippen LogP contribution is 2.47. The summed E-state index contributed by atoms with van der Waals surface area (Å²) in [5.74, 6) is 0.450. The maximum Gasteiger partial charge on any atom is 0.243 e. The van der Waals surface area contributed by atoms with Gasteiger partial charge in [0, 0.05) is 16.2 Å². The number of nitrogens with two attached hydrogens (primary N) is 1. The van der Waals surface area contributed by atoms with Gasteiger partial charge in [0.05, 0.1) is 12.5 Å². The van der Waals surface area contributed by atoms with Gasteiger partial charge in [-0.15, -0.1) is 0 Å². The van der Waals surface area contributed by atoms with E-state index >= 15 is 0 Å². The van der Waals surface area contributed by atoms with Crippen molar-refractivity contribution >= 4 is 33.4 Å². The van der Waals surface area contributed by atoms with Crippen LogP contribution in [0.4, 0.5) is 5.69 Å². The third-order valence-corrected chi connectivity index (χ3v) is 5.66. The van der Waals surface area contributed by atoms with Crippen molar-refractivity contribution in [1.82, 2.24) is 5.32 Å². The molecule has 0 radical (unpaired) electrons. The molecule has 124 valence electrons. The fourth-order valence-corrected chi connectivity index (χ4v) is 4.45. The molecule has 4 unspecified atom stereocenters. The second-order valence-corrected chi connectivity index (χ2v) is 7.58. The van der Waals surface area contributed by atoms with Crippen molar-refractivity contribution in [2.24, 2.45) is 23.5 Å². The monoisotopic (exact) mass is 379 g/mol. The molecule has 4 atom stereocenters. The van der Waals surface area contributed by atoms with E-state index in [9.17, 15) is 9.59 Å².